The SMILES string of the molecule is CCOC(=O)c1nc(-c2ccccc2OC(F)(F)F)[nH]c1C. The van der Waals surface area contributed by atoms with Crippen LogP contribution in [0.25, 0.3) is 11.4 Å². The van der Waals surface area contributed by atoms with Crippen molar-refractivity contribution < 1.29 is 27.4 Å². The number of rotatable bonds is 4. The van der Waals surface area contributed by atoms with Gasteiger partial charge >= 0.3 is 12.3 Å². The molecule has 2 aromatic rings. The Morgan fingerprint density at radius 3 is 2.64 bits per heavy atom. The van der Waals surface area contributed by atoms with Crippen LogP contribution in [0.3, 0.4) is 0 Å². The average molecular weight is 314 g/mol. The Bertz CT molecular complexity index is 680. The monoisotopic (exact) mass is 314 g/mol. The van der Waals surface area contributed by atoms with Gasteiger partial charge in [-0.2, -0.15) is 0 Å². The number of esters is 1. The normalized spacial score (nSPS) is 11.3. The quantitative estimate of drug-likeness (QED) is 0.878. The molecule has 118 valence electrons. The fourth-order valence-electron chi connectivity index (χ4n) is 1.86. The summed E-state index contributed by atoms with van der Waals surface area (Å²) >= 11 is 0. The topological polar surface area (TPSA) is 64.2 Å². The lowest BCUT2D eigenvalue weighted by atomic mass is 10.2. The minimum absolute atomic E-state index is 0.0265. The summed E-state index contributed by atoms with van der Waals surface area (Å²) in [5, 5.41) is 0. The van der Waals surface area contributed by atoms with Gasteiger partial charge in [0, 0.05) is 5.69 Å². The van der Waals surface area contributed by atoms with Crippen molar-refractivity contribution in [2.75, 3.05) is 6.61 Å². The second-order valence-corrected chi connectivity index (χ2v) is 4.32. The fourth-order valence-corrected chi connectivity index (χ4v) is 1.86. The Labute approximate surface area is 124 Å². The van der Waals surface area contributed by atoms with Gasteiger partial charge in [0.25, 0.3) is 0 Å². The number of aromatic nitrogens is 2. The first-order valence-electron chi connectivity index (χ1n) is 6.40. The van der Waals surface area contributed by atoms with E-state index in [1.807, 2.05) is 0 Å². The van der Waals surface area contributed by atoms with E-state index < -0.39 is 18.1 Å². The van der Waals surface area contributed by atoms with Gasteiger partial charge in [-0.25, -0.2) is 9.78 Å². The molecular formula is C14H13F3N2O3. The highest BCUT2D eigenvalue weighted by Gasteiger charge is 2.32. The number of benzene rings is 1. The number of carbonyl (C=O) groups is 1. The maximum Gasteiger partial charge on any atom is 0.573 e. The Morgan fingerprint density at radius 2 is 2.00 bits per heavy atom. The number of carbonyl (C=O) groups excluding carboxylic acids is 1. The number of ether oxygens (including phenoxy) is 2. The summed E-state index contributed by atoms with van der Waals surface area (Å²) in [5.74, 6) is -0.948. The van der Waals surface area contributed by atoms with Crippen molar-refractivity contribution in [3.8, 4) is 17.1 Å². The van der Waals surface area contributed by atoms with Gasteiger partial charge in [-0.15, -0.1) is 13.2 Å². The standard InChI is InChI=1S/C14H13F3N2O3/c1-3-21-13(20)11-8(2)18-12(19-11)9-6-4-5-7-10(9)22-14(15,16)17/h4-7H,3H2,1-2H3,(H,18,19). The van der Waals surface area contributed by atoms with Gasteiger partial charge in [-0.3, -0.25) is 0 Å². The smallest absolute Gasteiger partial charge is 0.461 e. The molecule has 0 radical (unpaired) electrons. The van der Waals surface area contributed by atoms with Crippen LogP contribution < -0.4 is 4.74 Å². The first-order chi connectivity index (χ1) is 10.3. The third-order valence-electron chi connectivity index (χ3n) is 2.72. The minimum atomic E-state index is -4.82. The van der Waals surface area contributed by atoms with Crippen LogP contribution in [0.4, 0.5) is 13.2 Å². The summed E-state index contributed by atoms with van der Waals surface area (Å²) in [6.45, 7) is 3.40. The molecule has 8 heteroatoms. The molecule has 1 aromatic carbocycles. The average Bonchev–Trinajstić information content (AvgIpc) is 2.80. The van der Waals surface area contributed by atoms with E-state index in [1.54, 1.807) is 19.9 Å². The van der Waals surface area contributed by atoms with Gasteiger partial charge in [0.1, 0.15) is 11.6 Å². The first kappa shape index (κ1) is 15.9. The van der Waals surface area contributed by atoms with Crippen molar-refractivity contribution in [2.24, 2.45) is 0 Å². The minimum Gasteiger partial charge on any atom is -0.461 e. The zero-order valence-electron chi connectivity index (χ0n) is 11.8. The molecule has 22 heavy (non-hydrogen) atoms. The number of H-pyrrole nitrogens is 1. The van der Waals surface area contributed by atoms with E-state index in [-0.39, 0.29) is 23.7 Å². The summed E-state index contributed by atoms with van der Waals surface area (Å²) < 4.78 is 46.1. The summed E-state index contributed by atoms with van der Waals surface area (Å²) in [5.41, 5.74) is 0.521. The summed E-state index contributed by atoms with van der Waals surface area (Å²) in [6, 6.07) is 5.53. The molecule has 0 amide bonds. The largest absolute Gasteiger partial charge is 0.573 e. The molecule has 0 saturated carbocycles. The number of halogens is 3. The molecule has 0 fully saturated rings. The highest BCUT2D eigenvalue weighted by Crippen LogP contribution is 2.32. The second-order valence-electron chi connectivity index (χ2n) is 4.32. The zero-order valence-corrected chi connectivity index (χ0v) is 11.8. The van der Waals surface area contributed by atoms with E-state index in [9.17, 15) is 18.0 Å². The highest BCUT2D eigenvalue weighted by atomic mass is 19.4. The van der Waals surface area contributed by atoms with Gasteiger partial charge in [0.2, 0.25) is 0 Å². The number of imidazole rings is 1. The Kier molecular flexibility index (Phi) is 4.39. The maximum absolute atomic E-state index is 12.4. The van der Waals surface area contributed by atoms with Crippen LogP contribution >= 0.6 is 0 Å². The molecular weight excluding hydrogens is 301 g/mol. The van der Waals surface area contributed by atoms with Crippen LogP contribution in [-0.2, 0) is 4.74 Å². The molecule has 0 aliphatic heterocycles. The predicted molar refractivity (Wildman–Crippen MR) is 71.4 cm³/mol. The molecule has 0 spiro atoms. The number of nitrogens with one attached hydrogen (secondary N) is 1. The molecule has 1 aromatic heterocycles. The van der Waals surface area contributed by atoms with Gasteiger partial charge in [-0.05, 0) is 26.0 Å². The Balaban J connectivity index is 2.41. The van der Waals surface area contributed by atoms with Crippen molar-refractivity contribution in [3.05, 3.63) is 35.7 Å². The van der Waals surface area contributed by atoms with Crippen LogP contribution in [0.2, 0.25) is 0 Å². The van der Waals surface area contributed by atoms with E-state index in [0.29, 0.717) is 5.69 Å². The van der Waals surface area contributed by atoms with E-state index >= 15 is 0 Å². The Morgan fingerprint density at radius 1 is 1.32 bits per heavy atom. The van der Waals surface area contributed by atoms with Crippen molar-refractivity contribution in [1.82, 2.24) is 9.97 Å². The first-order valence-corrected chi connectivity index (χ1v) is 6.40. The molecule has 0 aliphatic rings. The van der Waals surface area contributed by atoms with Crippen LogP contribution in [0.15, 0.2) is 24.3 Å². The van der Waals surface area contributed by atoms with E-state index in [0.717, 1.165) is 0 Å². The lowest BCUT2D eigenvalue weighted by Crippen LogP contribution is -2.17. The lowest BCUT2D eigenvalue weighted by Gasteiger charge is -2.11. The molecule has 1 heterocycles. The number of para-hydroxylation sites is 1. The maximum atomic E-state index is 12.4. The number of aryl methyl sites for hydroxylation is 1. The van der Waals surface area contributed by atoms with Crippen LogP contribution in [0, 0.1) is 6.92 Å². The van der Waals surface area contributed by atoms with Crippen LogP contribution in [0.5, 0.6) is 5.75 Å². The van der Waals surface area contributed by atoms with Crippen molar-refractivity contribution in [2.45, 2.75) is 20.2 Å². The van der Waals surface area contributed by atoms with Gasteiger partial charge in [0.05, 0.1) is 12.2 Å². The third-order valence-corrected chi connectivity index (χ3v) is 2.72. The number of nitrogens with zero attached hydrogens (tertiary/aromatic N) is 1. The molecule has 0 bridgehead atoms. The number of hydrogen-bond donors (Lipinski definition) is 1. The molecule has 1 N–H and O–H groups in total. The fraction of sp³-hybridized carbons (Fsp3) is 0.286. The molecule has 0 aliphatic carbocycles. The van der Waals surface area contributed by atoms with E-state index in [1.165, 1.54) is 18.2 Å². The molecule has 0 saturated heterocycles. The number of alkyl halides is 3. The Hall–Kier alpha value is -2.51. The van der Waals surface area contributed by atoms with Crippen molar-refractivity contribution in [3.63, 3.8) is 0 Å². The van der Waals surface area contributed by atoms with Crippen LogP contribution in [-0.4, -0.2) is 28.9 Å². The van der Waals surface area contributed by atoms with Gasteiger partial charge < -0.3 is 14.5 Å². The highest BCUT2D eigenvalue weighted by molar-refractivity contribution is 5.89. The van der Waals surface area contributed by atoms with Crippen LogP contribution in [0.1, 0.15) is 23.1 Å². The predicted octanol–water partition coefficient (Wildman–Crippen LogP) is 3.46. The molecule has 2 rings (SSSR count). The van der Waals surface area contributed by atoms with Crippen molar-refractivity contribution >= 4 is 5.97 Å². The lowest BCUT2D eigenvalue weighted by molar-refractivity contribution is -0.274. The summed E-state index contributed by atoms with van der Waals surface area (Å²) in [7, 11) is 0. The number of aromatic amines is 1. The molecule has 0 atom stereocenters. The van der Waals surface area contributed by atoms with E-state index in [2.05, 4.69) is 14.7 Å². The van der Waals surface area contributed by atoms with Gasteiger partial charge in [-0.1, -0.05) is 12.1 Å². The number of hydrogen-bond acceptors (Lipinski definition) is 4. The molecule has 5 nitrogen and oxygen atoms in total. The molecule has 0 unspecified atom stereocenters. The third kappa shape index (κ3) is 3.57. The van der Waals surface area contributed by atoms with Crippen molar-refractivity contribution in [1.29, 1.82) is 0 Å². The second kappa shape index (κ2) is 6.08. The van der Waals surface area contributed by atoms with E-state index in [4.69, 9.17) is 4.74 Å². The van der Waals surface area contributed by atoms with Gasteiger partial charge in [0.15, 0.2) is 5.69 Å². The summed E-state index contributed by atoms with van der Waals surface area (Å²) in [4.78, 5) is 18.5. The summed E-state index contributed by atoms with van der Waals surface area (Å²) in [6.07, 6.45) is -4.82. The zero-order chi connectivity index (χ0) is 16.3.